The van der Waals surface area contributed by atoms with Crippen LogP contribution in [0.1, 0.15) is 5.56 Å². The minimum atomic E-state index is 0.254. The predicted molar refractivity (Wildman–Crippen MR) is 72.4 cm³/mol. The van der Waals surface area contributed by atoms with E-state index in [0.717, 1.165) is 5.75 Å². The maximum Gasteiger partial charge on any atom is 0.179 e. The third kappa shape index (κ3) is 3.02. The number of nitrogens with zero attached hydrogens (tertiary/aromatic N) is 1. The highest BCUT2D eigenvalue weighted by atomic mass is 35.5. The summed E-state index contributed by atoms with van der Waals surface area (Å²) in [7, 11) is 1.45. The molecule has 2 aromatic carbocycles. The molecule has 0 aliphatic rings. The van der Waals surface area contributed by atoms with Gasteiger partial charge in [0.15, 0.2) is 5.17 Å². The number of halogens is 1. The summed E-state index contributed by atoms with van der Waals surface area (Å²) in [6.07, 6.45) is 0. The van der Waals surface area contributed by atoms with Crippen LogP contribution >= 0.6 is 11.6 Å². The third-order valence-electron chi connectivity index (χ3n) is 2.25. The van der Waals surface area contributed by atoms with Gasteiger partial charge in [0.05, 0.1) is 5.56 Å². The lowest BCUT2D eigenvalue weighted by Gasteiger charge is -2.09. The van der Waals surface area contributed by atoms with Gasteiger partial charge in [-0.05, 0) is 24.3 Å². The van der Waals surface area contributed by atoms with E-state index in [9.17, 15) is 0 Å². The summed E-state index contributed by atoms with van der Waals surface area (Å²) < 4.78 is 5.76. The van der Waals surface area contributed by atoms with E-state index in [1.807, 2.05) is 54.6 Å². The Kier molecular flexibility index (Phi) is 4.20. The van der Waals surface area contributed by atoms with Gasteiger partial charge in [0.2, 0.25) is 0 Å². The van der Waals surface area contributed by atoms with Crippen LogP contribution in [0, 0.1) is 0 Å². The van der Waals surface area contributed by atoms with Gasteiger partial charge < -0.3 is 9.57 Å². The van der Waals surface area contributed by atoms with E-state index in [-0.39, 0.29) is 5.17 Å². The largest absolute Gasteiger partial charge is 0.457 e. The standard InChI is InChI=1S/C14H12ClNO2/c1-17-16-14(15)12-9-5-6-10-13(12)18-11-7-3-2-4-8-11/h2-10H,1H3/b16-14-. The van der Waals surface area contributed by atoms with Gasteiger partial charge in [0, 0.05) is 0 Å². The molecule has 0 bridgehead atoms. The van der Waals surface area contributed by atoms with Crippen LogP contribution in [0.15, 0.2) is 59.8 Å². The van der Waals surface area contributed by atoms with Crippen molar-refractivity contribution >= 4 is 16.8 Å². The molecular weight excluding hydrogens is 250 g/mol. The van der Waals surface area contributed by atoms with Crippen molar-refractivity contribution in [1.82, 2.24) is 0 Å². The molecule has 2 rings (SSSR count). The van der Waals surface area contributed by atoms with Crippen LogP contribution in [-0.2, 0) is 4.84 Å². The molecule has 0 saturated heterocycles. The van der Waals surface area contributed by atoms with Gasteiger partial charge in [0.1, 0.15) is 18.6 Å². The molecule has 4 heteroatoms. The van der Waals surface area contributed by atoms with E-state index in [4.69, 9.17) is 16.3 Å². The summed E-state index contributed by atoms with van der Waals surface area (Å²) >= 11 is 6.02. The van der Waals surface area contributed by atoms with Crippen LogP contribution < -0.4 is 4.74 Å². The topological polar surface area (TPSA) is 30.8 Å². The number of oxime groups is 1. The predicted octanol–water partition coefficient (Wildman–Crippen LogP) is 4.03. The summed E-state index contributed by atoms with van der Waals surface area (Å²) in [6, 6.07) is 16.9. The van der Waals surface area contributed by atoms with E-state index in [0.29, 0.717) is 11.3 Å². The number of para-hydroxylation sites is 2. The van der Waals surface area contributed by atoms with Crippen LogP contribution in [0.4, 0.5) is 0 Å². The molecule has 0 aromatic heterocycles. The molecule has 3 nitrogen and oxygen atoms in total. The minimum absolute atomic E-state index is 0.254. The summed E-state index contributed by atoms with van der Waals surface area (Å²) in [5.41, 5.74) is 0.685. The second-order valence-corrected chi connectivity index (χ2v) is 3.83. The number of benzene rings is 2. The Morgan fingerprint density at radius 2 is 1.67 bits per heavy atom. The molecule has 2 aromatic rings. The lowest BCUT2D eigenvalue weighted by atomic mass is 10.2. The van der Waals surface area contributed by atoms with Crippen molar-refractivity contribution in [3.63, 3.8) is 0 Å². The van der Waals surface area contributed by atoms with E-state index < -0.39 is 0 Å². The number of hydrogen-bond acceptors (Lipinski definition) is 3. The molecule has 0 aliphatic carbocycles. The van der Waals surface area contributed by atoms with Crippen LogP contribution in [0.2, 0.25) is 0 Å². The Bertz CT molecular complexity index is 541. The van der Waals surface area contributed by atoms with Crippen molar-refractivity contribution in [2.75, 3.05) is 7.11 Å². The molecule has 0 radical (unpaired) electrons. The molecular formula is C14H12ClNO2. The summed E-state index contributed by atoms with van der Waals surface area (Å²) in [6.45, 7) is 0. The maximum atomic E-state index is 6.02. The van der Waals surface area contributed by atoms with Gasteiger partial charge in [-0.15, -0.1) is 0 Å². The van der Waals surface area contributed by atoms with Crippen molar-refractivity contribution in [1.29, 1.82) is 0 Å². The Labute approximate surface area is 111 Å². The minimum Gasteiger partial charge on any atom is -0.457 e. The third-order valence-corrected chi connectivity index (χ3v) is 2.52. The van der Waals surface area contributed by atoms with E-state index in [1.165, 1.54) is 7.11 Å². The molecule has 0 heterocycles. The zero-order chi connectivity index (χ0) is 12.8. The van der Waals surface area contributed by atoms with Crippen molar-refractivity contribution in [2.45, 2.75) is 0 Å². The van der Waals surface area contributed by atoms with Crippen LogP contribution in [0.5, 0.6) is 11.5 Å². The second-order valence-electron chi connectivity index (χ2n) is 3.48. The van der Waals surface area contributed by atoms with Crippen molar-refractivity contribution in [2.24, 2.45) is 5.16 Å². The number of rotatable bonds is 4. The van der Waals surface area contributed by atoms with Gasteiger partial charge in [-0.1, -0.05) is 47.1 Å². The molecule has 0 amide bonds. The summed E-state index contributed by atoms with van der Waals surface area (Å²) in [5, 5.41) is 3.95. The Balaban J connectivity index is 2.31. The zero-order valence-electron chi connectivity index (χ0n) is 9.84. The van der Waals surface area contributed by atoms with Crippen LogP contribution in [0.3, 0.4) is 0 Å². The van der Waals surface area contributed by atoms with E-state index in [1.54, 1.807) is 0 Å². The Morgan fingerprint density at radius 1 is 1.00 bits per heavy atom. The van der Waals surface area contributed by atoms with Gasteiger partial charge in [-0.2, -0.15) is 0 Å². The average molecular weight is 262 g/mol. The molecule has 92 valence electrons. The quantitative estimate of drug-likeness (QED) is 0.615. The molecule has 0 saturated carbocycles. The van der Waals surface area contributed by atoms with Gasteiger partial charge in [-0.3, -0.25) is 0 Å². The molecule has 0 fully saturated rings. The number of ether oxygens (including phenoxy) is 1. The van der Waals surface area contributed by atoms with Crippen LogP contribution in [0.25, 0.3) is 0 Å². The van der Waals surface area contributed by atoms with Gasteiger partial charge in [-0.25, -0.2) is 0 Å². The molecule has 18 heavy (non-hydrogen) atoms. The maximum absolute atomic E-state index is 6.02. The monoisotopic (exact) mass is 261 g/mol. The van der Waals surface area contributed by atoms with Gasteiger partial charge >= 0.3 is 0 Å². The SMILES string of the molecule is CO/N=C(\Cl)c1ccccc1Oc1ccccc1. The van der Waals surface area contributed by atoms with E-state index in [2.05, 4.69) is 9.99 Å². The summed E-state index contributed by atoms with van der Waals surface area (Å²) in [4.78, 5) is 4.66. The normalized spacial score (nSPS) is 11.1. The fraction of sp³-hybridized carbons (Fsp3) is 0.0714. The smallest absolute Gasteiger partial charge is 0.179 e. The highest BCUT2D eigenvalue weighted by Crippen LogP contribution is 2.26. The Morgan fingerprint density at radius 3 is 2.39 bits per heavy atom. The van der Waals surface area contributed by atoms with Gasteiger partial charge in [0.25, 0.3) is 0 Å². The average Bonchev–Trinajstić information content (AvgIpc) is 2.41. The molecule has 0 atom stereocenters. The fourth-order valence-corrected chi connectivity index (χ4v) is 1.70. The lowest BCUT2D eigenvalue weighted by Crippen LogP contribution is -1.96. The highest BCUT2D eigenvalue weighted by molar-refractivity contribution is 6.69. The molecule has 0 aliphatic heterocycles. The fourth-order valence-electron chi connectivity index (χ4n) is 1.47. The molecule has 0 spiro atoms. The first-order valence-electron chi connectivity index (χ1n) is 5.40. The summed E-state index contributed by atoms with van der Waals surface area (Å²) in [5.74, 6) is 1.38. The first-order chi connectivity index (χ1) is 8.81. The molecule has 0 N–H and O–H groups in total. The Hall–Kier alpha value is -2.00. The second kappa shape index (κ2) is 6.07. The van der Waals surface area contributed by atoms with Crippen molar-refractivity contribution in [3.05, 3.63) is 60.2 Å². The van der Waals surface area contributed by atoms with Crippen LogP contribution in [-0.4, -0.2) is 12.3 Å². The molecule has 0 unspecified atom stereocenters. The number of hydrogen-bond donors (Lipinski definition) is 0. The first kappa shape index (κ1) is 12.5. The zero-order valence-corrected chi connectivity index (χ0v) is 10.6. The van der Waals surface area contributed by atoms with Crippen molar-refractivity contribution in [3.8, 4) is 11.5 Å². The van der Waals surface area contributed by atoms with Crippen molar-refractivity contribution < 1.29 is 9.57 Å². The van der Waals surface area contributed by atoms with E-state index >= 15 is 0 Å². The first-order valence-corrected chi connectivity index (χ1v) is 5.78. The highest BCUT2D eigenvalue weighted by Gasteiger charge is 2.09. The lowest BCUT2D eigenvalue weighted by molar-refractivity contribution is 0.214.